The number of halogens is 2. The van der Waals surface area contributed by atoms with E-state index in [1.54, 1.807) is 40.0 Å². The zero-order valence-corrected chi connectivity index (χ0v) is 18.1. The van der Waals surface area contributed by atoms with Gasteiger partial charge in [-0.3, -0.25) is 9.20 Å². The van der Waals surface area contributed by atoms with Crippen LogP contribution in [0.1, 0.15) is 48.6 Å². The lowest BCUT2D eigenvalue weighted by atomic mass is 10.1. The number of hydrogen-bond acceptors (Lipinski definition) is 5. The van der Waals surface area contributed by atoms with Crippen molar-refractivity contribution in [3.63, 3.8) is 0 Å². The van der Waals surface area contributed by atoms with Crippen LogP contribution in [0, 0.1) is 18.6 Å². The number of pyridine rings is 1. The van der Waals surface area contributed by atoms with E-state index in [1.165, 1.54) is 16.5 Å². The van der Waals surface area contributed by atoms with Crippen LogP contribution in [0.25, 0.3) is 5.65 Å². The molecule has 2 heterocycles. The summed E-state index contributed by atoms with van der Waals surface area (Å²) in [6.45, 7) is 6.55. The van der Waals surface area contributed by atoms with Gasteiger partial charge in [-0.25, -0.2) is 18.6 Å². The Morgan fingerprint density at radius 2 is 1.94 bits per heavy atom. The number of nitrogens with one attached hydrogen (secondary N) is 2. The molecule has 0 aliphatic carbocycles. The van der Waals surface area contributed by atoms with Crippen molar-refractivity contribution in [1.29, 1.82) is 0 Å². The van der Waals surface area contributed by atoms with E-state index < -0.39 is 35.3 Å². The van der Waals surface area contributed by atoms with Crippen LogP contribution < -0.4 is 10.6 Å². The van der Waals surface area contributed by atoms with Crippen LogP contribution in [0.3, 0.4) is 0 Å². The Labute approximate surface area is 183 Å². The average Bonchev–Trinajstić information content (AvgIpc) is 3.03. The van der Waals surface area contributed by atoms with Gasteiger partial charge in [-0.15, -0.1) is 0 Å². The van der Waals surface area contributed by atoms with Gasteiger partial charge in [-0.2, -0.15) is 0 Å². The molecule has 3 aromatic rings. The number of benzene rings is 1. The highest BCUT2D eigenvalue weighted by Crippen LogP contribution is 2.22. The highest BCUT2D eigenvalue weighted by molar-refractivity contribution is 5.95. The number of alkyl carbamates (subject to hydrolysis) is 1. The predicted molar refractivity (Wildman–Crippen MR) is 112 cm³/mol. The summed E-state index contributed by atoms with van der Waals surface area (Å²) in [6.07, 6.45) is 0.838. The fraction of sp³-hybridized carbons (Fsp3) is 0.318. The Morgan fingerprint density at radius 3 is 2.59 bits per heavy atom. The highest BCUT2D eigenvalue weighted by atomic mass is 19.2. The third-order valence-electron chi connectivity index (χ3n) is 4.52. The van der Waals surface area contributed by atoms with Crippen molar-refractivity contribution in [2.24, 2.45) is 0 Å². The summed E-state index contributed by atoms with van der Waals surface area (Å²) in [7, 11) is 0. The van der Waals surface area contributed by atoms with Crippen LogP contribution in [-0.4, -0.2) is 38.6 Å². The molecule has 0 bridgehead atoms. The number of carbonyl (C=O) groups is 2. The van der Waals surface area contributed by atoms with Gasteiger partial charge in [0.25, 0.3) is 5.91 Å². The van der Waals surface area contributed by atoms with Crippen LogP contribution >= 0.6 is 0 Å². The Bertz CT molecular complexity index is 1170. The summed E-state index contributed by atoms with van der Waals surface area (Å²) < 4.78 is 33.9. The molecule has 32 heavy (non-hydrogen) atoms. The summed E-state index contributed by atoms with van der Waals surface area (Å²) in [6, 6.07) is 5.29. The minimum Gasteiger partial charge on any atom is -0.504 e. The van der Waals surface area contributed by atoms with Crippen molar-refractivity contribution < 1.29 is 28.2 Å². The first-order valence-corrected chi connectivity index (χ1v) is 9.85. The second kappa shape index (κ2) is 8.81. The molecule has 10 heteroatoms. The molecule has 2 amide bonds. The first-order valence-electron chi connectivity index (χ1n) is 9.85. The van der Waals surface area contributed by atoms with Crippen molar-refractivity contribution in [3.05, 3.63) is 65.1 Å². The molecule has 0 saturated carbocycles. The number of aromatic nitrogens is 2. The third kappa shape index (κ3) is 5.13. The van der Waals surface area contributed by atoms with Crippen LogP contribution in [0.2, 0.25) is 0 Å². The maximum atomic E-state index is 13.8. The van der Waals surface area contributed by atoms with Crippen LogP contribution in [-0.2, 0) is 4.74 Å². The Kier molecular flexibility index (Phi) is 6.33. The van der Waals surface area contributed by atoms with Crippen LogP contribution in [0.15, 0.2) is 36.5 Å². The maximum absolute atomic E-state index is 13.8. The molecule has 1 atom stereocenters. The van der Waals surface area contributed by atoms with Crippen molar-refractivity contribution in [1.82, 2.24) is 20.0 Å². The summed E-state index contributed by atoms with van der Waals surface area (Å²) in [4.78, 5) is 29.4. The van der Waals surface area contributed by atoms with Crippen LogP contribution in [0.4, 0.5) is 13.6 Å². The minimum atomic E-state index is -1.09. The molecule has 1 unspecified atom stereocenters. The number of rotatable bonds is 5. The first kappa shape index (κ1) is 23.0. The third-order valence-corrected chi connectivity index (χ3v) is 4.52. The molecule has 0 radical (unpaired) electrons. The van der Waals surface area contributed by atoms with E-state index in [0.717, 1.165) is 12.1 Å². The SMILES string of the molecule is Cc1nc2c(O)cccn2c1C(=O)NC(CNC(=O)OC(C)(C)C)c1ccc(F)c(F)c1. The minimum absolute atomic E-state index is 0.0987. The number of fused-ring (bicyclic) bond motifs is 1. The van der Waals surface area contributed by atoms with Crippen molar-refractivity contribution >= 4 is 17.6 Å². The van der Waals surface area contributed by atoms with Crippen molar-refractivity contribution in [2.45, 2.75) is 39.3 Å². The molecular weight excluding hydrogens is 422 g/mol. The number of imidazole rings is 1. The topological polar surface area (TPSA) is 105 Å². The molecule has 0 fully saturated rings. The van der Waals surface area contributed by atoms with Gasteiger partial charge < -0.3 is 20.5 Å². The Hall–Kier alpha value is -3.69. The number of nitrogens with zero attached hydrogens (tertiary/aromatic N) is 2. The number of ether oxygens (including phenoxy) is 1. The van der Waals surface area contributed by atoms with E-state index in [1.807, 2.05) is 0 Å². The molecule has 3 N–H and O–H groups in total. The van der Waals surface area contributed by atoms with Gasteiger partial charge in [0, 0.05) is 12.7 Å². The van der Waals surface area contributed by atoms with Gasteiger partial charge in [-0.05, 0) is 57.5 Å². The molecule has 2 aromatic heterocycles. The van der Waals surface area contributed by atoms with Gasteiger partial charge in [-0.1, -0.05) is 6.07 Å². The molecule has 0 aliphatic heterocycles. The van der Waals surface area contributed by atoms with Gasteiger partial charge in [0.2, 0.25) is 0 Å². The Morgan fingerprint density at radius 1 is 1.22 bits per heavy atom. The van der Waals surface area contributed by atoms with Crippen LogP contribution in [0.5, 0.6) is 5.75 Å². The number of carbonyl (C=O) groups excluding carboxylic acids is 2. The zero-order valence-electron chi connectivity index (χ0n) is 18.1. The summed E-state index contributed by atoms with van der Waals surface area (Å²) in [5, 5.41) is 15.2. The molecule has 0 aliphatic rings. The summed E-state index contributed by atoms with van der Waals surface area (Å²) in [5.74, 6) is -2.80. The number of aromatic hydroxyl groups is 1. The molecule has 170 valence electrons. The zero-order chi connectivity index (χ0) is 23.6. The monoisotopic (exact) mass is 446 g/mol. The molecule has 8 nitrogen and oxygen atoms in total. The number of aryl methyl sites for hydroxylation is 1. The highest BCUT2D eigenvalue weighted by Gasteiger charge is 2.24. The van der Waals surface area contributed by atoms with E-state index >= 15 is 0 Å². The second-order valence-corrected chi connectivity index (χ2v) is 8.22. The summed E-state index contributed by atoms with van der Waals surface area (Å²) >= 11 is 0. The fourth-order valence-corrected chi connectivity index (χ4v) is 3.15. The van der Waals surface area contributed by atoms with Crippen molar-refractivity contribution in [2.75, 3.05) is 6.54 Å². The van der Waals surface area contributed by atoms with E-state index in [9.17, 15) is 23.5 Å². The molecule has 0 spiro atoms. The average molecular weight is 446 g/mol. The standard InChI is InChI=1S/C22H24F2N4O4/c1-12-18(28-9-5-6-17(29)19(28)26-12)20(30)27-16(11-25-21(31)32-22(2,3)4)13-7-8-14(23)15(24)10-13/h5-10,16,29H,11H2,1-4H3,(H,25,31)(H,27,30). The number of amides is 2. The quantitative estimate of drug-likeness (QED) is 0.555. The second-order valence-electron chi connectivity index (χ2n) is 8.22. The first-order chi connectivity index (χ1) is 15.0. The molecule has 3 rings (SSSR count). The largest absolute Gasteiger partial charge is 0.504 e. The normalized spacial score (nSPS) is 12.4. The van der Waals surface area contributed by atoms with Crippen molar-refractivity contribution in [3.8, 4) is 5.75 Å². The number of hydrogen-bond donors (Lipinski definition) is 3. The van der Waals surface area contributed by atoms with Gasteiger partial charge in [0.15, 0.2) is 23.0 Å². The van der Waals surface area contributed by atoms with E-state index in [4.69, 9.17) is 4.74 Å². The lowest BCUT2D eigenvalue weighted by molar-refractivity contribution is 0.0519. The van der Waals surface area contributed by atoms with E-state index in [0.29, 0.717) is 5.69 Å². The van der Waals surface area contributed by atoms with E-state index in [2.05, 4.69) is 15.6 Å². The lowest BCUT2D eigenvalue weighted by Crippen LogP contribution is -2.40. The molecular formula is C22H24F2N4O4. The smallest absolute Gasteiger partial charge is 0.407 e. The lowest BCUT2D eigenvalue weighted by Gasteiger charge is -2.23. The maximum Gasteiger partial charge on any atom is 0.407 e. The predicted octanol–water partition coefficient (Wildman–Crippen LogP) is 3.62. The summed E-state index contributed by atoms with van der Waals surface area (Å²) in [5.41, 5.74) is 0.211. The van der Waals surface area contributed by atoms with Gasteiger partial charge >= 0.3 is 6.09 Å². The van der Waals surface area contributed by atoms with E-state index in [-0.39, 0.29) is 29.2 Å². The van der Waals surface area contributed by atoms with Gasteiger partial charge in [0.05, 0.1) is 11.7 Å². The molecule has 0 saturated heterocycles. The van der Waals surface area contributed by atoms with Gasteiger partial charge in [0.1, 0.15) is 11.3 Å². The Balaban J connectivity index is 1.89. The fourth-order valence-electron chi connectivity index (χ4n) is 3.15. The molecule has 1 aromatic carbocycles.